The van der Waals surface area contributed by atoms with E-state index in [-0.39, 0.29) is 12.5 Å². The van der Waals surface area contributed by atoms with Crippen molar-refractivity contribution >= 4 is 5.97 Å². The van der Waals surface area contributed by atoms with Gasteiger partial charge in [-0.15, -0.1) is 0 Å². The lowest BCUT2D eigenvalue weighted by Crippen LogP contribution is -2.38. The maximum atomic E-state index is 11.5. The van der Waals surface area contributed by atoms with Crippen molar-refractivity contribution in [1.29, 1.82) is 0 Å². The fourth-order valence-corrected chi connectivity index (χ4v) is 2.76. The smallest absolute Gasteiger partial charge is 0.310 e. The number of piperidine rings is 1. The van der Waals surface area contributed by atoms with E-state index < -0.39 is 11.9 Å². The fourth-order valence-electron chi connectivity index (χ4n) is 2.76. The van der Waals surface area contributed by atoms with Gasteiger partial charge in [0, 0.05) is 0 Å². The molecule has 1 saturated heterocycles. The first-order valence-electron chi connectivity index (χ1n) is 7.29. The van der Waals surface area contributed by atoms with Crippen LogP contribution in [0.3, 0.4) is 0 Å². The second kappa shape index (κ2) is 7.31. The summed E-state index contributed by atoms with van der Waals surface area (Å²) >= 11 is 0. The standard InChI is InChI=1S/C16H23NO4/c1-17-9-7-12(8-10-17)13(16(18)19)11-21-15-6-4-3-5-14(15)20-2/h3-6,12-13H,7-11H2,1-2H3,(H,18,19). The Morgan fingerprint density at radius 2 is 1.95 bits per heavy atom. The van der Waals surface area contributed by atoms with Gasteiger partial charge in [-0.05, 0) is 51.0 Å². The third-order valence-electron chi connectivity index (χ3n) is 4.14. The van der Waals surface area contributed by atoms with Crippen molar-refractivity contribution in [2.45, 2.75) is 12.8 Å². The van der Waals surface area contributed by atoms with Gasteiger partial charge in [0.25, 0.3) is 0 Å². The number of rotatable bonds is 6. The predicted molar refractivity (Wildman–Crippen MR) is 79.8 cm³/mol. The number of nitrogens with zero attached hydrogens (tertiary/aromatic N) is 1. The Kier molecular flexibility index (Phi) is 5.44. The first-order chi connectivity index (χ1) is 10.1. The highest BCUT2D eigenvalue weighted by atomic mass is 16.5. The van der Waals surface area contributed by atoms with E-state index in [1.807, 2.05) is 12.1 Å². The highest BCUT2D eigenvalue weighted by Crippen LogP contribution is 2.29. The molecule has 2 rings (SSSR count). The van der Waals surface area contributed by atoms with Crippen molar-refractivity contribution in [3.8, 4) is 11.5 Å². The molecule has 1 aliphatic rings. The molecule has 21 heavy (non-hydrogen) atoms. The van der Waals surface area contributed by atoms with E-state index >= 15 is 0 Å². The van der Waals surface area contributed by atoms with Crippen LogP contribution in [0, 0.1) is 11.8 Å². The maximum Gasteiger partial charge on any atom is 0.310 e. The summed E-state index contributed by atoms with van der Waals surface area (Å²) in [6.07, 6.45) is 1.81. The topological polar surface area (TPSA) is 59.0 Å². The van der Waals surface area contributed by atoms with Crippen molar-refractivity contribution < 1.29 is 19.4 Å². The average molecular weight is 293 g/mol. The summed E-state index contributed by atoms with van der Waals surface area (Å²) < 4.78 is 10.9. The molecule has 0 saturated carbocycles. The molecule has 1 N–H and O–H groups in total. The number of para-hydroxylation sites is 2. The Labute approximate surface area is 125 Å². The molecular weight excluding hydrogens is 270 g/mol. The van der Waals surface area contributed by atoms with E-state index in [2.05, 4.69) is 11.9 Å². The van der Waals surface area contributed by atoms with Crippen LogP contribution in [-0.2, 0) is 4.79 Å². The van der Waals surface area contributed by atoms with Crippen LogP contribution in [0.2, 0.25) is 0 Å². The van der Waals surface area contributed by atoms with Crippen LogP contribution in [0.4, 0.5) is 0 Å². The first kappa shape index (κ1) is 15.6. The molecule has 1 fully saturated rings. The van der Waals surface area contributed by atoms with Gasteiger partial charge < -0.3 is 19.5 Å². The van der Waals surface area contributed by atoms with Gasteiger partial charge in [-0.25, -0.2) is 0 Å². The van der Waals surface area contributed by atoms with Crippen LogP contribution in [0.5, 0.6) is 11.5 Å². The molecule has 1 heterocycles. The number of ether oxygens (including phenoxy) is 2. The number of carboxylic acid groups (broad SMARTS) is 1. The van der Waals surface area contributed by atoms with E-state index in [9.17, 15) is 9.90 Å². The van der Waals surface area contributed by atoms with Crippen LogP contribution in [0.1, 0.15) is 12.8 Å². The summed E-state index contributed by atoms with van der Waals surface area (Å²) in [5.74, 6) is 0.153. The lowest BCUT2D eigenvalue weighted by molar-refractivity contribution is -0.145. The van der Waals surface area contributed by atoms with Gasteiger partial charge in [-0.2, -0.15) is 0 Å². The van der Waals surface area contributed by atoms with E-state index in [1.54, 1.807) is 19.2 Å². The monoisotopic (exact) mass is 293 g/mol. The average Bonchev–Trinajstić information content (AvgIpc) is 2.49. The molecule has 0 spiro atoms. The number of hydrogen-bond acceptors (Lipinski definition) is 4. The molecule has 0 radical (unpaired) electrons. The lowest BCUT2D eigenvalue weighted by atomic mass is 9.85. The van der Waals surface area contributed by atoms with Gasteiger partial charge in [-0.1, -0.05) is 12.1 Å². The number of carbonyl (C=O) groups is 1. The van der Waals surface area contributed by atoms with Gasteiger partial charge in [0.1, 0.15) is 6.61 Å². The third kappa shape index (κ3) is 4.11. The number of likely N-dealkylation sites (tertiary alicyclic amines) is 1. The highest BCUT2D eigenvalue weighted by Gasteiger charge is 2.31. The molecule has 1 aliphatic heterocycles. The van der Waals surface area contributed by atoms with Crippen molar-refractivity contribution in [2.75, 3.05) is 33.9 Å². The van der Waals surface area contributed by atoms with Crippen molar-refractivity contribution in [3.05, 3.63) is 24.3 Å². The number of aliphatic carboxylic acids is 1. The van der Waals surface area contributed by atoms with Crippen LogP contribution < -0.4 is 9.47 Å². The van der Waals surface area contributed by atoms with Gasteiger partial charge in [0.15, 0.2) is 11.5 Å². The van der Waals surface area contributed by atoms with E-state index in [0.29, 0.717) is 11.5 Å². The Hall–Kier alpha value is -1.75. The predicted octanol–water partition coefficient (Wildman–Crippen LogP) is 2.12. The van der Waals surface area contributed by atoms with E-state index in [0.717, 1.165) is 25.9 Å². The zero-order valence-electron chi connectivity index (χ0n) is 12.6. The molecular formula is C16H23NO4. The fraction of sp³-hybridized carbons (Fsp3) is 0.562. The summed E-state index contributed by atoms with van der Waals surface area (Å²) in [4.78, 5) is 13.8. The molecule has 0 aliphatic carbocycles. The number of carboxylic acids is 1. The Morgan fingerprint density at radius 3 is 2.52 bits per heavy atom. The van der Waals surface area contributed by atoms with Crippen LogP contribution in [0.25, 0.3) is 0 Å². The summed E-state index contributed by atoms with van der Waals surface area (Å²) in [6, 6.07) is 7.31. The minimum Gasteiger partial charge on any atom is -0.493 e. The summed E-state index contributed by atoms with van der Waals surface area (Å²) in [6.45, 7) is 2.08. The van der Waals surface area contributed by atoms with Crippen molar-refractivity contribution in [2.24, 2.45) is 11.8 Å². The molecule has 1 aromatic rings. The molecule has 5 heteroatoms. The Morgan fingerprint density at radius 1 is 1.33 bits per heavy atom. The summed E-state index contributed by atoms with van der Waals surface area (Å²) in [7, 11) is 3.64. The largest absolute Gasteiger partial charge is 0.493 e. The van der Waals surface area contributed by atoms with Crippen LogP contribution in [0.15, 0.2) is 24.3 Å². The minimum atomic E-state index is -0.778. The van der Waals surface area contributed by atoms with Gasteiger partial charge in [-0.3, -0.25) is 4.79 Å². The van der Waals surface area contributed by atoms with E-state index in [4.69, 9.17) is 9.47 Å². The summed E-state index contributed by atoms with van der Waals surface area (Å²) in [5.41, 5.74) is 0. The quantitative estimate of drug-likeness (QED) is 0.870. The molecule has 0 amide bonds. The molecule has 0 bridgehead atoms. The molecule has 1 aromatic carbocycles. The second-order valence-electron chi connectivity index (χ2n) is 5.55. The number of benzene rings is 1. The van der Waals surface area contributed by atoms with Gasteiger partial charge >= 0.3 is 5.97 Å². The molecule has 0 aromatic heterocycles. The van der Waals surface area contributed by atoms with Crippen molar-refractivity contribution in [3.63, 3.8) is 0 Å². The zero-order chi connectivity index (χ0) is 15.2. The molecule has 1 unspecified atom stereocenters. The molecule has 116 valence electrons. The maximum absolute atomic E-state index is 11.5. The molecule has 1 atom stereocenters. The minimum absolute atomic E-state index is 0.174. The van der Waals surface area contributed by atoms with Crippen LogP contribution in [-0.4, -0.2) is 49.8 Å². The van der Waals surface area contributed by atoms with Gasteiger partial charge in [0.2, 0.25) is 0 Å². The normalized spacial score (nSPS) is 18.2. The third-order valence-corrected chi connectivity index (χ3v) is 4.14. The number of methoxy groups -OCH3 is 1. The second-order valence-corrected chi connectivity index (χ2v) is 5.55. The summed E-state index contributed by atoms with van der Waals surface area (Å²) in [5, 5.41) is 9.47. The van der Waals surface area contributed by atoms with Crippen molar-refractivity contribution in [1.82, 2.24) is 4.90 Å². The number of hydrogen-bond donors (Lipinski definition) is 1. The Balaban J connectivity index is 1.98. The zero-order valence-corrected chi connectivity index (χ0v) is 12.6. The van der Waals surface area contributed by atoms with Gasteiger partial charge in [0.05, 0.1) is 13.0 Å². The Bertz CT molecular complexity index is 469. The van der Waals surface area contributed by atoms with Crippen LogP contribution >= 0.6 is 0 Å². The lowest BCUT2D eigenvalue weighted by Gasteiger charge is -2.32. The highest BCUT2D eigenvalue weighted by molar-refractivity contribution is 5.70. The SMILES string of the molecule is COc1ccccc1OCC(C(=O)O)C1CCN(C)CC1. The van der Waals surface area contributed by atoms with E-state index in [1.165, 1.54) is 0 Å². The first-order valence-corrected chi connectivity index (χ1v) is 7.29. The molecule has 5 nitrogen and oxygen atoms in total.